The molecule has 0 aromatic carbocycles. The van der Waals surface area contributed by atoms with Crippen molar-refractivity contribution in [2.45, 2.75) is 26.0 Å². The topological polar surface area (TPSA) is 69.5 Å². The number of nitrogens with zero attached hydrogens (tertiary/aromatic N) is 3. The normalized spacial score (nSPS) is 11.5. The molecule has 0 amide bonds. The van der Waals surface area contributed by atoms with Gasteiger partial charge in [0.2, 0.25) is 0 Å². The van der Waals surface area contributed by atoms with Gasteiger partial charge >= 0.3 is 0 Å². The number of hydrogen-bond donors (Lipinski definition) is 2. The van der Waals surface area contributed by atoms with E-state index in [-0.39, 0.29) is 18.8 Å². The maximum Gasteiger partial charge on any atom is 0.151 e. The number of rotatable bonds is 4. The third kappa shape index (κ3) is 2.64. The molecule has 5 heteroatoms. The Hall–Kier alpha value is -1.20. The molecule has 0 fully saturated rings. The average Bonchev–Trinajstić information content (AvgIpc) is 2.28. The predicted molar refractivity (Wildman–Crippen MR) is 57.5 cm³/mol. The van der Waals surface area contributed by atoms with E-state index in [0.29, 0.717) is 11.5 Å². The van der Waals surface area contributed by atoms with Gasteiger partial charge in [0.05, 0.1) is 24.4 Å². The first kappa shape index (κ1) is 11.9. The minimum absolute atomic E-state index is 0.0347. The molecule has 1 heterocycles. The van der Waals surface area contributed by atoms with Crippen LogP contribution in [-0.4, -0.2) is 39.6 Å². The van der Waals surface area contributed by atoms with Crippen LogP contribution in [0.15, 0.2) is 12.1 Å². The van der Waals surface area contributed by atoms with Crippen LogP contribution in [0.5, 0.6) is 0 Å². The summed E-state index contributed by atoms with van der Waals surface area (Å²) in [6.45, 7) is 3.75. The molecular weight excluding hydrogens is 194 g/mol. The van der Waals surface area contributed by atoms with E-state index in [9.17, 15) is 5.11 Å². The van der Waals surface area contributed by atoms with Gasteiger partial charge in [-0.15, -0.1) is 5.10 Å². The van der Waals surface area contributed by atoms with Crippen molar-refractivity contribution in [3.05, 3.63) is 17.8 Å². The molecule has 0 saturated heterocycles. The van der Waals surface area contributed by atoms with Gasteiger partial charge in [0.1, 0.15) is 0 Å². The van der Waals surface area contributed by atoms with Crippen molar-refractivity contribution >= 4 is 5.82 Å². The summed E-state index contributed by atoms with van der Waals surface area (Å²) in [5, 5.41) is 25.8. The highest BCUT2D eigenvalue weighted by Crippen LogP contribution is 2.18. The van der Waals surface area contributed by atoms with Crippen LogP contribution in [0.2, 0.25) is 0 Å². The monoisotopic (exact) mass is 211 g/mol. The van der Waals surface area contributed by atoms with Crippen molar-refractivity contribution in [2.24, 2.45) is 0 Å². The summed E-state index contributed by atoms with van der Waals surface area (Å²) in [4.78, 5) is 1.85. The molecule has 1 aromatic heterocycles. The molecule has 0 saturated carbocycles. The van der Waals surface area contributed by atoms with Crippen LogP contribution >= 0.6 is 0 Å². The van der Waals surface area contributed by atoms with Crippen LogP contribution in [0, 0.1) is 0 Å². The number of anilines is 1. The van der Waals surface area contributed by atoms with E-state index >= 15 is 0 Å². The van der Waals surface area contributed by atoms with Gasteiger partial charge in [-0.1, -0.05) is 0 Å². The summed E-state index contributed by atoms with van der Waals surface area (Å²) in [7, 11) is 1.85. The number of hydrogen-bond acceptors (Lipinski definition) is 5. The Morgan fingerprint density at radius 1 is 1.27 bits per heavy atom. The second kappa shape index (κ2) is 4.55. The molecule has 0 aliphatic carbocycles. The molecule has 0 unspecified atom stereocenters. The number of likely N-dealkylation sites (N-methyl/N-ethyl adjacent to an activating group) is 1. The molecule has 0 radical (unpaired) electrons. The summed E-state index contributed by atoms with van der Waals surface area (Å²) >= 11 is 0. The Morgan fingerprint density at radius 2 is 1.93 bits per heavy atom. The van der Waals surface area contributed by atoms with E-state index < -0.39 is 0 Å². The number of aromatic nitrogens is 2. The van der Waals surface area contributed by atoms with Crippen LogP contribution in [0.25, 0.3) is 0 Å². The molecular formula is C10H17N3O2. The van der Waals surface area contributed by atoms with E-state index in [4.69, 9.17) is 5.11 Å². The molecule has 0 aliphatic heterocycles. The third-order valence-corrected chi connectivity index (χ3v) is 2.51. The van der Waals surface area contributed by atoms with Crippen LogP contribution < -0.4 is 4.90 Å². The lowest BCUT2D eigenvalue weighted by molar-refractivity contribution is 0.215. The summed E-state index contributed by atoms with van der Waals surface area (Å²) in [5.74, 6) is 0.672. The van der Waals surface area contributed by atoms with Gasteiger partial charge in [0.25, 0.3) is 0 Å². The quantitative estimate of drug-likeness (QED) is 0.743. The van der Waals surface area contributed by atoms with Crippen LogP contribution in [0.4, 0.5) is 5.82 Å². The van der Waals surface area contributed by atoms with Gasteiger partial charge in [-0.3, -0.25) is 0 Å². The number of aliphatic hydroxyl groups excluding tert-OH is 2. The first-order valence-corrected chi connectivity index (χ1v) is 4.79. The van der Waals surface area contributed by atoms with Crippen LogP contribution in [0.1, 0.15) is 19.5 Å². The van der Waals surface area contributed by atoms with Crippen molar-refractivity contribution in [3.63, 3.8) is 0 Å². The van der Waals surface area contributed by atoms with Crippen molar-refractivity contribution in [2.75, 3.05) is 18.6 Å². The van der Waals surface area contributed by atoms with Gasteiger partial charge in [0, 0.05) is 7.05 Å². The predicted octanol–water partition coefficient (Wildman–Crippen LogP) is 0.176. The first-order chi connectivity index (χ1) is 7.01. The molecule has 84 valence electrons. The van der Waals surface area contributed by atoms with Gasteiger partial charge in [-0.25, -0.2) is 0 Å². The highest BCUT2D eigenvalue weighted by atomic mass is 16.3. The van der Waals surface area contributed by atoms with Gasteiger partial charge < -0.3 is 15.1 Å². The minimum atomic E-state index is -0.380. The highest BCUT2D eigenvalue weighted by Gasteiger charge is 2.23. The summed E-state index contributed by atoms with van der Waals surface area (Å²) in [5.41, 5.74) is 0.157. The van der Waals surface area contributed by atoms with Gasteiger partial charge in [-0.05, 0) is 26.0 Å². The molecule has 0 bridgehead atoms. The second-order valence-corrected chi connectivity index (χ2v) is 4.07. The lowest BCUT2D eigenvalue weighted by Crippen LogP contribution is -2.44. The third-order valence-electron chi connectivity index (χ3n) is 2.51. The first-order valence-electron chi connectivity index (χ1n) is 4.79. The summed E-state index contributed by atoms with van der Waals surface area (Å²) in [6, 6.07) is 3.49. The van der Waals surface area contributed by atoms with E-state index in [0.717, 1.165) is 0 Å². The van der Waals surface area contributed by atoms with E-state index in [1.54, 1.807) is 12.1 Å². The maximum absolute atomic E-state index is 9.20. The van der Waals surface area contributed by atoms with Gasteiger partial charge in [-0.2, -0.15) is 5.10 Å². The summed E-state index contributed by atoms with van der Waals surface area (Å²) < 4.78 is 0. The summed E-state index contributed by atoms with van der Waals surface area (Å²) in [6.07, 6.45) is 0. The Bertz CT molecular complexity index is 311. The Morgan fingerprint density at radius 3 is 2.33 bits per heavy atom. The van der Waals surface area contributed by atoms with Crippen molar-refractivity contribution in [1.29, 1.82) is 0 Å². The zero-order valence-electron chi connectivity index (χ0n) is 9.30. The SMILES string of the molecule is CN(c1ccc(CO)nn1)C(C)(C)CO. The van der Waals surface area contributed by atoms with Crippen LogP contribution in [-0.2, 0) is 6.61 Å². The fourth-order valence-electron chi connectivity index (χ4n) is 1.03. The fraction of sp³-hybridized carbons (Fsp3) is 0.600. The molecule has 5 nitrogen and oxygen atoms in total. The lowest BCUT2D eigenvalue weighted by Gasteiger charge is -2.34. The average molecular weight is 211 g/mol. The van der Waals surface area contributed by atoms with Crippen molar-refractivity contribution in [3.8, 4) is 0 Å². The highest BCUT2D eigenvalue weighted by molar-refractivity contribution is 5.39. The molecule has 15 heavy (non-hydrogen) atoms. The zero-order chi connectivity index (χ0) is 11.5. The van der Waals surface area contributed by atoms with E-state index in [2.05, 4.69) is 10.2 Å². The Kier molecular flexibility index (Phi) is 3.60. The maximum atomic E-state index is 9.20. The fourth-order valence-corrected chi connectivity index (χ4v) is 1.03. The molecule has 0 atom stereocenters. The van der Waals surface area contributed by atoms with Crippen molar-refractivity contribution < 1.29 is 10.2 Å². The van der Waals surface area contributed by atoms with E-state index in [1.807, 2.05) is 25.8 Å². The smallest absolute Gasteiger partial charge is 0.151 e. The van der Waals surface area contributed by atoms with Gasteiger partial charge in [0.15, 0.2) is 5.82 Å². The minimum Gasteiger partial charge on any atom is -0.394 e. The molecule has 0 spiro atoms. The van der Waals surface area contributed by atoms with Crippen LogP contribution in [0.3, 0.4) is 0 Å². The lowest BCUT2D eigenvalue weighted by atomic mass is 10.1. The Labute approximate surface area is 89.4 Å². The largest absolute Gasteiger partial charge is 0.394 e. The second-order valence-electron chi connectivity index (χ2n) is 4.07. The van der Waals surface area contributed by atoms with E-state index in [1.165, 1.54) is 0 Å². The van der Waals surface area contributed by atoms with Crippen molar-refractivity contribution in [1.82, 2.24) is 10.2 Å². The Balaban J connectivity index is 2.87. The standard InChI is InChI=1S/C10H17N3O2/c1-10(2,7-15)13(3)9-5-4-8(6-14)11-12-9/h4-5,14-15H,6-7H2,1-3H3. The molecule has 2 N–H and O–H groups in total. The molecule has 1 aromatic rings. The molecule has 1 rings (SSSR count). The molecule has 0 aliphatic rings. The zero-order valence-corrected chi connectivity index (χ0v) is 9.30. The number of aliphatic hydroxyl groups is 2.